The van der Waals surface area contributed by atoms with Gasteiger partial charge >= 0.3 is 5.97 Å². The maximum Gasteiger partial charge on any atom is 0.318 e. The zero-order valence-corrected chi connectivity index (χ0v) is 11.0. The van der Waals surface area contributed by atoms with Crippen molar-refractivity contribution in [3.05, 3.63) is 29.3 Å². The second kappa shape index (κ2) is 4.87. The van der Waals surface area contributed by atoms with Crippen LogP contribution in [0.4, 0.5) is 0 Å². The van der Waals surface area contributed by atoms with E-state index in [1.165, 1.54) is 18.2 Å². The number of sulfonamides is 1. The SMILES string of the molecule is O=C(O)CN(C1CC1)S(=O)(=O)c1cccc(Cl)c1. The fourth-order valence-electron chi connectivity index (χ4n) is 1.67. The summed E-state index contributed by atoms with van der Waals surface area (Å²) in [5.41, 5.74) is 0. The van der Waals surface area contributed by atoms with Gasteiger partial charge < -0.3 is 5.11 Å². The molecule has 0 aromatic heterocycles. The summed E-state index contributed by atoms with van der Waals surface area (Å²) in [5, 5.41) is 9.10. The van der Waals surface area contributed by atoms with Crippen LogP contribution in [0.25, 0.3) is 0 Å². The number of carboxylic acid groups (broad SMARTS) is 1. The van der Waals surface area contributed by atoms with Gasteiger partial charge in [0.2, 0.25) is 10.0 Å². The van der Waals surface area contributed by atoms with Gasteiger partial charge in [-0.15, -0.1) is 0 Å². The van der Waals surface area contributed by atoms with Gasteiger partial charge in [0, 0.05) is 11.1 Å². The van der Waals surface area contributed by atoms with E-state index in [0.717, 1.165) is 4.31 Å². The summed E-state index contributed by atoms with van der Waals surface area (Å²) in [6.07, 6.45) is 1.40. The van der Waals surface area contributed by atoms with Crippen LogP contribution in [0, 0.1) is 0 Å². The average molecular weight is 290 g/mol. The van der Waals surface area contributed by atoms with Crippen molar-refractivity contribution in [3.63, 3.8) is 0 Å². The van der Waals surface area contributed by atoms with E-state index in [0.29, 0.717) is 17.9 Å². The van der Waals surface area contributed by atoms with Crippen molar-refractivity contribution in [1.29, 1.82) is 0 Å². The Morgan fingerprint density at radius 3 is 2.61 bits per heavy atom. The first-order valence-corrected chi connectivity index (χ1v) is 7.22. The number of nitrogens with zero attached hydrogens (tertiary/aromatic N) is 1. The van der Waals surface area contributed by atoms with E-state index < -0.39 is 22.5 Å². The van der Waals surface area contributed by atoms with Crippen LogP contribution in [0.2, 0.25) is 5.02 Å². The van der Waals surface area contributed by atoms with E-state index in [1.807, 2.05) is 0 Å². The molecule has 7 heteroatoms. The van der Waals surface area contributed by atoms with Crippen LogP contribution in [0.5, 0.6) is 0 Å². The molecular weight excluding hydrogens is 278 g/mol. The van der Waals surface area contributed by atoms with Gasteiger partial charge in [0.25, 0.3) is 0 Å². The first-order valence-electron chi connectivity index (χ1n) is 5.40. The van der Waals surface area contributed by atoms with Crippen molar-refractivity contribution in [1.82, 2.24) is 4.31 Å². The molecule has 0 amide bonds. The normalized spacial score (nSPS) is 15.9. The van der Waals surface area contributed by atoms with Gasteiger partial charge in [-0.05, 0) is 31.0 Å². The minimum atomic E-state index is -3.79. The highest BCUT2D eigenvalue weighted by Crippen LogP contribution is 2.32. The lowest BCUT2D eigenvalue weighted by molar-refractivity contribution is -0.137. The Kier molecular flexibility index (Phi) is 3.61. The van der Waals surface area contributed by atoms with Crippen LogP contribution < -0.4 is 0 Å². The van der Waals surface area contributed by atoms with Crippen LogP contribution in [0.15, 0.2) is 29.2 Å². The summed E-state index contributed by atoms with van der Waals surface area (Å²) in [6, 6.07) is 5.64. The first-order chi connectivity index (χ1) is 8.41. The number of carboxylic acids is 1. The van der Waals surface area contributed by atoms with E-state index in [-0.39, 0.29) is 10.9 Å². The lowest BCUT2D eigenvalue weighted by atomic mass is 10.4. The summed E-state index contributed by atoms with van der Waals surface area (Å²) in [6.45, 7) is -0.514. The third-order valence-corrected chi connectivity index (χ3v) is 4.78. The molecule has 1 fully saturated rings. The highest BCUT2D eigenvalue weighted by Gasteiger charge is 2.39. The number of hydrogen-bond acceptors (Lipinski definition) is 3. The lowest BCUT2D eigenvalue weighted by Crippen LogP contribution is -2.37. The molecule has 98 valence electrons. The molecule has 0 heterocycles. The van der Waals surface area contributed by atoms with Crippen LogP contribution in [0.1, 0.15) is 12.8 Å². The van der Waals surface area contributed by atoms with Crippen molar-refractivity contribution < 1.29 is 18.3 Å². The predicted octanol–water partition coefficient (Wildman–Crippen LogP) is 1.58. The van der Waals surface area contributed by atoms with Gasteiger partial charge in [-0.1, -0.05) is 17.7 Å². The number of halogens is 1. The van der Waals surface area contributed by atoms with E-state index in [4.69, 9.17) is 16.7 Å². The number of aliphatic carboxylic acids is 1. The minimum absolute atomic E-state index is 0.0307. The summed E-state index contributed by atoms with van der Waals surface area (Å²) >= 11 is 5.76. The first kappa shape index (κ1) is 13.3. The number of rotatable bonds is 5. The topological polar surface area (TPSA) is 74.7 Å². The predicted molar refractivity (Wildman–Crippen MR) is 66.0 cm³/mol. The molecule has 1 aliphatic rings. The standard InChI is InChI=1S/C11H12ClNO4S/c12-8-2-1-3-10(6-8)18(16,17)13(7-11(14)15)9-4-5-9/h1-3,6,9H,4-5,7H2,(H,14,15). The molecule has 2 rings (SSSR count). The molecule has 0 spiro atoms. The van der Waals surface area contributed by atoms with E-state index in [1.54, 1.807) is 6.07 Å². The Bertz CT molecular complexity index is 568. The number of carbonyl (C=O) groups is 1. The fraction of sp³-hybridized carbons (Fsp3) is 0.364. The summed E-state index contributed by atoms with van der Waals surface area (Å²) in [4.78, 5) is 10.8. The molecule has 0 radical (unpaired) electrons. The van der Waals surface area contributed by atoms with Gasteiger partial charge in [-0.25, -0.2) is 8.42 Å². The van der Waals surface area contributed by atoms with Gasteiger partial charge in [0.05, 0.1) is 4.90 Å². The van der Waals surface area contributed by atoms with Crippen molar-refractivity contribution in [2.24, 2.45) is 0 Å². The van der Waals surface area contributed by atoms with E-state index in [9.17, 15) is 13.2 Å². The number of benzene rings is 1. The highest BCUT2D eigenvalue weighted by molar-refractivity contribution is 7.89. The molecule has 0 unspecified atom stereocenters. The van der Waals surface area contributed by atoms with Gasteiger partial charge in [-0.3, -0.25) is 4.79 Å². The van der Waals surface area contributed by atoms with E-state index >= 15 is 0 Å². The molecule has 1 N–H and O–H groups in total. The maximum atomic E-state index is 12.3. The summed E-state index contributed by atoms with van der Waals surface area (Å²) < 4.78 is 25.6. The maximum absolute atomic E-state index is 12.3. The average Bonchev–Trinajstić information content (AvgIpc) is 3.09. The molecule has 0 aliphatic heterocycles. The third kappa shape index (κ3) is 2.82. The van der Waals surface area contributed by atoms with Crippen LogP contribution in [0.3, 0.4) is 0 Å². The molecule has 0 saturated heterocycles. The second-order valence-electron chi connectivity index (χ2n) is 4.13. The van der Waals surface area contributed by atoms with Crippen LogP contribution >= 0.6 is 11.6 Å². The third-order valence-electron chi connectivity index (χ3n) is 2.65. The largest absolute Gasteiger partial charge is 0.480 e. The minimum Gasteiger partial charge on any atom is -0.480 e. The van der Waals surface area contributed by atoms with Gasteiger partial charge in [0.15, 0.2) is 0 Å². The number of hydrogen-bond donors (Lipinski definition) is 1. The smallest absolute Gasteiger partial charge is 0.318 e. The molecule has 5 nitrogen and oxygen atoms in total. The van der Waals surface area contributed by atoms with Gasteiger partial charge in [0.1, 0.15) is 6.54 Å². The van der Waals surface area contributed by atoms with E-state index in [2.05, 4.69) is 0 Å². The zero-order chi connectivity index (χ0) is 13.3. The van der Waals surface area contributed by atoms with Crippen molar-refractivity contribution in [2.75, 3.05) is 6.54 Å². The molecule has 1 aromatic rings. The molecular formula is C11H12ClNO4S. The summed E-state index contributed by atoms with van der Waals surface area (Å²) in [7, 11) is -3.79. The molecule has 1 aromatic carbocycles. The molecule has 18 heavy (non-hydrogen) atoms. The Morgan fingerprint density at radius 1 is 1.44 bits per heavy atom. The zero-order valence-electron chi connectivity index (χ0n) is 9.41. The van der Waals surface area contributed by atoms with Gasteiger partial charge in [-0.2, -0.15) is 4.31 Å². The van der Waals surface area contributed by atoms with Crippen molar-refractivity contribution >= 4 is 27.6 Å². The Hall–Kier alpha value is -1.11. The van der Waals surface area contributed by atoms with Crippen molar-refractivity contribution in [3.8, 4) is 0 Å². The summed E-state index contributed by atoms with van der Waals surface area (Å²) in [5.74, 6) is -1.16. The molecule has 1 saturated carbocycles. The Balaban J connectivity index is 2.36. The van der Waals surface area contributed by atoms with Crippen LogP contribution in [-0.4, -0.2) is 36.4 Å². The Labute approximate surface area is 110 Å². The second-order valence-corrected chi connectivity index (χ2v) is 6.46. The molecule has 0 bridgehead atoms. The Morgan fingerprint density at radius 2 is 2.11 bits per heavy atom. The molecule has 1 aliphatic carbocycles. The quantitative estimate of drug-likeness (QED) is 0.893. The monoisotopic (exact) mass is 289 g/mol. The highest BCUT2D eigenvalue weighted by atomic mass is 35.5. The van der Waals surface area contributed by atoms with Crippen molar-refractivity contribution in [2.45, 2.75) is 23.8 Å². The molecule has 0 atom stereocenters. The lowest BCUT2D eigenvalue weighted by Gasteiger charge is -2.19. The van der Waals surface area contributed by atoms with Crippen LogP contribution in [-0.2, 0) is 14.8 Å². The fourth-order valence-corrected chi connectivity index (χ4v) is 3.60.